The maximum Gasteiger partial charge on any atom is 0.321 e. The van der Waals surface area contributed by atoms with Crippen LogP contribution in [0.2, 0.25) is 10.0 Å². The molecule has 0 saturated carbocycles. The van der Waals surface area contributed by atoms with Gasteiger partial charge in [0.1, 0.15) is 0 Å². The smallest absolute Gasteiger partial charge is 0.321 e. The molecule has 1 aromatic carbocycles. The zero-order valence-electron chi connectivity index (χ0n) is 12.5. The van der Waals surface area contributed by atoms with E-state index in [0.717, 1.165) is 31.7 Å². The summed E-state index contributed by atoms with van der Waals surface area (Å²) in [5, 5.41) is 8.33. The molecular weight excluding hydrogens is 337 g/mol. The minimum atomic E-state index is 0.425. The third-order valence-electron chi connectivity index (χ3n) is 4.43. The molecular formula is C15H17Cl2N5O. The highest BCUT2D eigenvalue weighted by atomic mass is 35.5. The number of anilines is 1. The predicted octanol–water partition coefficient (Wildman–Crippen LogP) is 2.46. The average molecular weight is 354 g/mol. The monoisotopic (exact) mass is 353 g/mol. The average Bonchev–Trinajstić information content (AvgIpc) is 3.02. The van der Waals surface area contributed by atoms with Crippen molar-refractivity contribution < 1.29 is 4.52 Å². The van der Waals surface area contributed by atoms with Crippen LogP contribution in [0.25, 0.3) is 11.4 Å². The minimum Gasteiger partial charge on any atom is -0.336 e. The number of nitrogens with one attached hydrogen (secondary N) is 1. The fourth-order valence-electron chi connectivity index (χ4n) is 3.22. The first-order valence-corrected chi connectivity index (χ1v) is 8.43. The highest BCUT2D eigenvalue weighted by Crippen LogP contribution is 2.26. The summed E-state index contributed by atoms with van der Waals surface area (Å²) in [6.45, 7) is 6.53. The van der Waals surface area contributed by atoms with Gasteiger partial charge >= 0.3 is 6.01 Å². The lowest BCUT2D eigenvalue weighted by Crippen LogP contribution is -2.62. The Balaban J connectivity index is 1.42. The van der Waals surface area contributed by atoms with Crippen LogP contribution in [0.3, 0.4) is 0 Å². The summed E-state index contributed by atoms with van der Waals surface area (Å²) in [5.41, 5.74) is 0.742. The van der Waals surface area contributed by atoms with Crippen molar-refractivity contribution >= 4 is 29.2 Å². The number of hydrogen-bond acceptors (Lipinski definition) is 6. The molecule has 0 amide bonds. The van der Waals surface area contributed by atoms with Gasteiger partial charge in [-0.3, -0.25) is 9.80 Å². The van der Waals surface area contributed by atoms with Crippen LogP contribution in [-0.4, -0.2) is 65.3 Å². The van der Waals surface area contributed by atoms with Crippen molar-refractivity contribution in [3.05, 3.63) is 28.2 Å². The molecule has 6 nitrogen and oxygen atoms in total. The molecule has 3 saturated heterocycles. The summed E-state index contributed by atoms with van der Waals surface area (Å²) in [6.07, 6.45) is 0. The standard InChI is InChI=1S/C15H17Cl2N5O/c16-11-5-10(6-12(17)7-11)14-19-15(23-20-14)18-8-13-9-21-1-3-22(13)4-2-21/h5-7,13H,1-4,8-9H2,(H,18,19,20). The Morgan fingerprint density at radius 2 is 1.87 bits per heavy atom. The molecule has 4 heterocycles. The first-order chi connectivity index (χ1) is 11.2. The van der Waals surface area contributed by atoms with E-state index in [4.69, 9.17) is 27.7 Å². The normalized spacial score (nSPS) is 26.4. The van der Waals surface area contributed by atoms with Gasteiger partial charge in [-0.05, 0) is 18.2 Å². The summed E-state index contributed by atoms with van der Waals surface area (Å²) in [6, 6.07) is 6.12. The quantitative estimate of drug-likeness (QED) is 0.910. The highest BCUT2D eigenvalue weighted by molar-refractivity contribution is 6.35. The Morgan fingerprint density at radius 3 is 2.52 bits per heavy atom. The van der Waals surface area contributed by atoms with E-state index < -0.39 is 0 Å². The Hall–Kier alpha value is -1.34. The summed E-state index contributed by atoms with van der Waals surface area (Å²) in [4.78, 5) is 9.39. The van der Waals surface area contributed by atoms with Crippen LogP contribution in [0.4, 0.5) is 6.01 Å². The van der Waals surface area contributed by atoms with Crippen molar-refractivity contribution in [1.29, 1.82) is 0 Å². The van der Waals surface area contributed by atoms with Gasteiger partial charge in [0.25, 0.3) is 0 Å². The number of rotatable bonds is 4. The molecule has 1 atom stereocenters. The van der Waals surface area contributed by atoms with Crippen LogP contribution >= 0.6 is 23.2 Å². The number of nitrogens with zero attached hydrogens (tertiary/aromatic N) is 4. The van der Waals surface area contributed by atoms with E-state index in [1.54, 1.807) is 18.2 Å². The van der Waals surface area contributed by atoms with E-state index in [0.29, 0.717) is 27.9 Å². The molecule has 0 aliphatic carbocycles. The maximum atomic E-state index is 6.01. The third kappa shape index (κ3) is 3.30. The molecule has 0 radical (unpaired) electrons. The Labute approximate surface area is 144 Å². The summed E-state index contributed by atoms with van der Waals surface area (Å²) in [5.74, 6) is 0.478. The molecule has 122 valence electrons. The number of aromatic nitrogens is 2. The molecule has 5 rings (SSSR count). The Morgan fingerprint density at radius 1 is 1.13 bits per heavy atom. The van der Waals surface area contributed by atoms with Crippen molar-refractivity contribution in [2.75, 3.05) is 44.6 Å². The van der Waals surface area contributed by atoms with Gasteiger partial charge in [0, 0.05) is 60.9 Å². The molecule has 2 aromatic rings. The van der Waals surface area contributed by atoms with Crippen molar-refractivity contribution in [2.45, 2.75) is 6.04 Å². The zero-order valence-corrected chi connectivity index (χ0v) is 14.0. The predicted molar refractivity (Wildman–Crippen MR) is 90.0 cm³/mol. The molecule has 3 aliphatic rings. The molecule has 2 bridgehead atoms. The van der Waals surface area contributed by atoms with Crippen molar-refractivity contribution in [1.82, 2.24) is 19.9 Å². The second-order valence-corrected chi connectivity index (χ2v) is 6.83. The van der Waals surface area contributed by atoms with Gasteiger partial charge in [0.15, 0.2) is 0 Å². The van der Waals surface area contributed by atoms with Gasteiger partial charge in [-0.1, -0.05) is 28.4 Å². The number of benzene rings is 1. The van der Waals surface area contributed by atoms with Crippen LogP contribution < -0.4 is 5.32 Å². The van der Waals surface area contributed by atoms with E-state index in [1.807, 2.05) is 0 Å². The fourth-order valence-corrected chi connectivity index (χ4v) is 3.74. The number of halogens is 2. The van der Waals surface area contributed by atoms with Crippen molar-refractivity contribution in [2.24, 2.45) is 0 Å². The summed E-state index contributed by atoms with van der Waals surface area (Å²) >= 11 is 12.0. The van der Waals surface area contributed by atoms with Crippen molar-refractivity contribution in [3.8, 4) is 11.4 Å². The number of piperazine rings is 3. The SMILES string of the molecule is Clc1cc(Cl)cc(-c2noc(NCC3CN4CCN3CC4)n2)c1. The Bertz CT molecular complexity index is 679. The minimum absolute atomic E-state index is 0.425. The molecule has 1 aromatic heterocycles. The van der Waals surface area contributed by atoms with Gasteiger partial charge < -0.3 is 9.84 Å². The Kier molecular flexibility index (Phi) is 4.15. The largest absolute Gasteiger partial charge is 0.336 e. The van der Waals surface area contributed by atoms with E-state index in [1.165, 1.54) is 13.1 Å². The van der Waals surface area contributed by atoms with E-state index in [2.05, 4.69) is 25.3 Å². The second kappa shape index (κ2) is 6.28. The summed E-state index contributed by atoms with van der Waals surface area (Å²) in [7, 11) is 0. The molecule has 1 N–H and O–H groups in total. The van der Waals surface area contributed by atoms with Crippen molar-refractivity contribution in [3.63, 3.8) is 0 Å². The van der Waals surface area contributed by atoms with Crippen LogP contribution in [0.1, 0.15) is 0 Å². The van der Waals surface area contributed by atoms with Gasteiger partial charge in [-0.25, -0.2) is 0 Å². The maximum absolute atomic E-state index is 6.01. The highest BCUT2D eigenvalue weighted by Gasteiger charge is 2.31. The molecule has 8 heteroatoms. The van der Waals surface area contributed by atoms with Crippen LogP contribution in [0.5, 0.6) is 0 Å². The van der Waals surface area contributed by atoms with Crippen LogP contribution in [0.15, 0.2) is 22.7 Å². The van der Waals surface area contributed by atoms with Crippen LogP contribution in [0, 0.1) is 0 Å². The lowest BCUT2D eigenvalue weighted by molar-refractivity contribution is 0.0187. The first-order valence-electron chi connectivity index (χ1n) is 7.68. The second-order valence-electron chi connectivity index (χ2n) is 5.95. The van der Waals surface area contributed by atoms with Gasteiger partial charge in [-0.2, -0.15) is 4.98 Å². The molecule has 3 fully saturated rings. The fraction of sp³-hybridized carbons (Fsp3) is 0.467. The van der Waals surface area contributed by atoms with Gasteiger partial charge in [0.2, 0.25) is 5.82 Å². The van der Waals surface area contributed by atoms with Crippen LogP contribution in [-0.2, 0) is 0 Å². The lowest BCUT2D eigenvalue weighted by atomic mass is 10.1. The van der Waals surface area contributed by atoms with Gasteiger partial charge in [-0.15, -0.1) is 0 Å². The van der Waals surface area contributed by atoms with E-state index in [9.17, 15) is 0 Å². The first kappa shape index (κ1) is 15.2. The third-order valence-corrected chi connectivity index (χ3v) is 4.86. The zero-order chi connectivity index (χ0) is 15.8. The van der Waals surface area contributed by atoms with E-state index in [-0.39, 0.29) is 0 Å². The van der Waals surface area contributed by atoms with Gasteiger partial charge in [0.05, 0.1) is 0 Å². The molecule has 1 unspecified atom stereocenters. The molecule has 0 spiro atoms. The lowest BCUT2D eigenvalue weighted by Gasteiger charge is -2.47. The molecule has 23 heavy (non-hydrogen) atoms. The van der Waals surface area contributed by atoms with E-state index >= 15 is 0 Å². The number of hydrogen-bond donors (Lipinski definition) is 1. The summed E-state index contributed by atoms with van der Waals surface area (Å²) < 4.78 is 5.28. The number of fused-ring (bicyclic) bond motifs is 3. The topological polar surface area (TPSA) is 57.4 Å². The molecule has 3 aliphatic heterocycles.